The van der Waals surface area contributed by atoms with E-state index in [4.69, 9.17) is 14.2 Å². The molecule has 0 bridgehead atoms. The topological polar surface area (TPSA) is 104 Å². The highest BCUT2D eigenvalue weighted by molar-refractivity contribution is 6.46. The van der Waals surface area contributed by atoms with Gasteiger partial charge in [-0.25, -0.2) is 0 Å². The number of aromatic nitrogens is 1. The summed E-state index contributed by atoms with van der Waals surface area (Å²) in [5, 5.41) is 12.2. The smallest absolute Gasteiger partial charge is 0.295 e. The number of rotatable bonds is 9. The number of hydrogen-bond donors (Lipinski definition) is 2. The largest absolute Gasteiger partial charge is 0.507 e. The van der Waals surface area contributed by atoms with Gasteiger partial charge in [-0.15, -0.1) is 0 Å². The van der Waals surface area contributed by atoms with Crippen molar-refractivity contribution in [3.8, 4) is 17.2 Å². The molecule has 2 N–H and O–H groups in total. The number of nitrogens with zero attached hydrogens (tertiary/aromatic N) is 2. The number of nitrogens with one attached hydrogen (secondary N) is 1. The lowest BCUT2D eigenvalue weighted by molar-refractivity contribution is -0.139. The van der Waals surface area contributed by atoms with Crippen LogP contribution < -0.4 is 14.2 Å². The molecule has 190 valence electrons. The van der Waals surface area contributed by atoms with Gasteiger partial charge in [0.2, 0.25) is 5.75 Å². The van der Waals surface area contributed by atoms with Crippen LogP contribution in [0.4, 0.5) is 0 Å². The number of ether oxygens (including phenoxy) is 3. The molecule has 1 aliphatic heterocycles. The maximum Gasteiger partial charge on any atom is 0.295 e. The van der Waals surface area contributed by atoms with Gasteiger partial charge in [0, 0.05) is 29.2 Å². The minimum absolute atomic E-state index is 0.0175. The number of ketones is 1. The summed E-state index contributed by atoms with van der Waals surface area (Å²) in [5.74, 6) is -0.462. The van der Waals surface area contributed by atoms with E-state index in [-0.39, 0.29) is 11.3 Å². The van der Waals surface area contributed by atoms with Gasteiger partial charge in [0.15, 0.2) is 11.5 Å². The maximum absolute atomic E-state index is 13.4. The number of para-hydroxylation sites is 1. The monoisotopic (exact) mass is 493 g/mol. The number of likely N-dealkylation sites (tertiary alicyclic amines) is 1. The number of hydrogen-bond acceptors (Lipinski definition) is 7. The third kappa shape index (κ3) is 4.37. The number of carbonyl (C=O) groups excluding carboxylic acids is 2. The van der Waals surface area contributed by atoms with Crippen LogP contribution in [0.2, 0.25) is 0 Å². The lowest BCUT2D eigenvalue weighted by atomic mass is 9.94. The van der Waals surface area contributed by atoms with Crippen molar-refractivity contribution in [3.63, 3.8) is 0 Å². The van der Waals surface area contributed by atoms with E-state index in [1.165, 1.54) is 26.2 Å². The molecule has 1 saturated heterocycles. The van der Waals surface area contributed by atoms with E-state index >= 15 is 0 Å². The number of methoxy groups -OCH3 is 3. The van der Waals surface area contributed by atoms with E-state index in [9.17, 15) is 14.7 Å². The van der Waals surface area contributed by atoms with Crippen LogP contribution in [-0.4, -0.2) is 80.1 Å². The van der Waals surface area contributed by atoms with Gasteiger partial charge in [-0.05, 0) is 50.8 Å². The molecule has 3 aromatic rings. The van der Waals surface area contributed by atoms with Crippen LogP contribution in [0.25, 0.3) is 16.7 Å². The molecule has 0 saturated carbocycles. The van der Waals surface area contributed by atoms with Crippen LogP contribution in [0.1, 0.15) is 23.6 Å². The number of benzene rings is 2. The normalized spacial score (nSPS) is 17.3. The second-order valence-electron chi connectivity index (χ2n) is 8.86. The number of aliphatic hydroxyl groups is 1. The molecule has 1 aliphatic rings. The zero-order chi connectivity index (χ0) is 26.0. The van der Waals surface area contributed by atoms with Crippen LogP contribution in [0, 0.1) is 0 Å². The zero-order valence-electron chi connectivity index (χ0n) is 21.1. The van der Waals surface area contributed by atoms with Crippen molar-refractivity contribution in [1.29, 1.82) is 0 Å². The number of amides is 1. The summed E-state index contributed by atoms with van der Waals surface area (Å²) in [4.78, 5) is 33.3. The predicted molar refractivity (Wildman–Crippen MR) is 137 cm³/mol. The molecule has 1 amide bonds. The summed E-state index contributed by atoms with van der Waals surface area (Å²) < 4.78 is 16.5. The Bertz CT molecular complexity index is 1300. The molecule has 1 unspecified atom stereocenters. The zero-order valence-corrected chi connectivity index (χ0v) is 21.1. The molecular weight excluding hydrogens is 462 g/mol. The molecule has 1 fully saturated rings. The fraction of sp³-hybridized carbons (Fsp3) is 0.333. The molecule has 1 aromatic heterocycles. The molecule has 2 heterocycles. The molecule has 0 spiro atoms. The quantitative estimate of drug-likeness (QED) is 0.267. The minimum atomic E-state index is -0.838. The highest BCUT2D eigenvalue weighted by Gasteiger charge is 2.46. The minimum Gasteiger partial charge on any atom is -0.507 e. The number of H-pyrrole nitrogens is 1. The molecule has 9 nitrogen and oxygen atoms in total. The first kappa shape index (κ1) is 25.1. The Balaban J connectivity index is 1.92. The van der Waals surface area contributed by atoms with Gasteiger partial charge >= 0.3 is 0 Å². The summed E-state index contributed by atoms with van der Waals surface area (Å²) in [6.45, 7) is 1.06. The molecule has 2 aromatic carbocycles. The van der Waals surface area contributed by atoms with Crippen molar-refractivity contribution in [1.82, 2.24) is 14.8 Å². The van der Waals surface area contributed by atoms with Crippen molar-refractivity contribution in [2.45, 2.75) is 12.5 Å². The maximum atomic E-state index is 13.4. The van der Waals surface area contributed by atoms with Gasteiger partial charge in [-0.3, -0.25) is 9.59 Å². The van der Waals surface area contributed by atoms with Gasteiger partial charge in [0.05, 0.1) is 32.9 Å². The van der Waals surface area contributed by atoms with E-state index < -0.39 is 17.7 Å². The van der Waals surface area contributed by atoms with Crippen LogP contribution in [0.5, 0.6) is 17.2 Å². The van der Waals surface area contributed by atoms with Crippen LogP contribution in [0.15, 0.2) is 48.2 Å². The molecule has 1 atom stereocenters. The average Bonchev–Trinajstić information content (AvgIpc) is 3.42. The van der Waals surface area contributed by atoms with E-state index in [1.54, 1.807) is 18.3 Å². The third-order valence-electron chi connectivity index (χ3n) is 6.39. The SMILES string of the molecule is COc1cc(C2/C(=C(/O)c3c[nH]c4ccccc34)C(=O)C(=O)N2CCCN(C)C)cc(OC)c1OC. The van der Waals surface area contributed by atoms with Crippen molar-refractivity contribution in [2.24, 2.45) is 0 Å². The molecular formula is C27H31N3O6. The van der Waals surface area contributed by atoms with Gasteiger partial charge < -0.3 is 34.1 Å². The van der Waals surface area contributed by atoms with Crippen LogP contribution in [0.3, 0.4) is 0 Å². The van der Waals surface area contributed by atoms with Gasteiger partial charge in [-0.2, -0.15) is 0 Å². The average molecular weight is 494 g/mol. The van der Waals surface area contributed by atoms with E-state index in [1.807, 2.05) is 43.3 Å². The number of carbonyl (C=O) groups is 2. The van der Waals surface area contributed by atoms with Crippen molar-refractivity contribution < 1.29 is 28.9 Å². The predicted octanol–water partition coefficient (Wildman–Crippen LogP) is 3.57. The number of fused-ring (bicyclic) bond motifs is 1. The van der Waals surface area contributed by atoms with Gasteiger partial charge in [0.1, 0.15) is 5.76 Å². The first-order valence-electron chi connectivity index (χ1n) is 11.6. The Hall–Kier alpha value is -3.98. The number of aromatic amines is 1. The first-order valence-corrected chi connectivity index (χ1v) is 11.6. The fourth-order valence-electron chi connectivity index (χ4n) is 4.69. The summed E-state index contributed by atoms with van der Waals surface area (Å²) in [6, 6.07) is 10.0. The van der Waals surface area contributed by atoms with E-state index in [0.717, 1.165) is 17.4 Å². The van der Waals surface area contributed by atoms with Gasteiger partial charge in [-0.1, -0.05) is 18.2 Å². The van der Waals surface area contributed by atoms with Crippen LogP contribution in [-0.2, 0) is 9.59 Å². The van der Waals surface area contributed by atoms with Crippen molar-refractivity contribution in [2.75, 3.05) is 48.5 Å². The standard InChI is InChI=1S/C27H31N3O6/c1-29(2)11-8-12-30-23(16-13-20(34-3)26(36-5)21(14-16)35-4)22(25(32)27(30)33)24(31)18-15-28-19-10-7-6-9-17(18)19/h6-7,9-10,13-15,23,28,31H,8,11-12H2,1-5H3/b24-22-. The second-order valence-corrected chi connectivity index (χ2v) is 8.86. The van der Waals surface area contributed by atoms with E-state index in [0.29, 0.717) is 41.3 Å². The number of Topliss-reactive ketones (excluding diaryl/α,β-unsaturated/α-hetero) is 1. The van der Waals surface area contributed by atoms with Crippen molar-refractivity contribution >= 4 is 28.4 Å². The Morgan fingerprint density at radius 1 is 1.06 bits per heavy atom. The highest BCUT2D eigenvalue weighted by atomic mass is 16.5. The Morgan fingerprint density at radius 3 is 2.33 bits per heavy atom. The molecule has 4 rings (SSSR count). The summed E-state index contributed by atoms with van der Waals surface area (Å²) in [6.07, 6.45) is 2.29. The lowest BCUT2D eigenvalue weighted by Crippen LogP contribution is -2.32. The summed E-state index contributed by atoms with van der Waals surface area (Å²) >= 11 is 0. The van der Waals surface area contributed by atoms with E-state index in [2.05, 4.69) is 4.98 Å². The fourth-order valence-corrected chi connectivity index (χ4v) is 4.69. The molecule has 0 radical (unpaired) electrons. The Labute approximate surface area is 209 Å². The lowest BCUT2D eigenvalue weighted by Gasteiger charge is -2.27. The molecule has 0 aliphatic carbocycles. The second kappa shape index (κ2) is 10.3. The van der Waals surface area contributed by atoms with Gasteiger partial charge in [0.25, 0.3) is 11.7 Å². The number of aliphatic hydroxyl groups excluding tert-OH is 1. The molecule has 9 heteroatoms. The third-order valence-corrected chi connectivity index (χ3v) is 6.39. The summed E-state index contributed by atoms with van der Waals surface area (Å²) in [5.41, 5.74) is 1.84. The van der Waals surface area contributed by atoms with Crippen LogP contribution >= 0.6 is 0 Å². The highest BCUT2D eigenvalue weighted by Crippen LogP contribution is 2.46. The van der Waals surface area contributed by atoms with Crippen molar-refractivity contribution in [3.05, 3.63) is 59.3 Å². The Kier molecular flexibility index (Phi) is 7.21. The molecule has 36 heavy (non-hydrogen) atoms. The summed E-state index contributed by atoms with van der Waals surface area (Å²) in [7, 11) is 8.40. The first-order chi connectivity index (χ1) is 17.3. The Morgan fingerprint density at radius 2 is 1.72 bits per heavy atom.